The highest BCUT2D eigenvalue weighted by Crippen LogP contribution is 2.05. The molecule has 0 rings (SSSR count). The first-order chi connectivity index (χ1) is 5.07. The molecule has 0 aromatic rings. The summed E-state index contributed by atoms with van der Waals surface area (Å²) in [5.74, 6) is 0.546. The van der Waals surface area contributed by atoms with Crippen LogP contribution in [-0.4, -0.2) is 19.0 Å². The summed E-state index contributed by atoms with van der Waals surface area (Å²) in [4.78, 5) is 10.3. The number of rotatable bonds is 5. The Bertz CT molecular complexity index is 110. The maximum absolute atomic E-state index is 10.3. The van der Waals surface area contributed by atoms with Gasteiger partial charge in [0.15, 0.2) is 0 Å². The lowest BCUT2D eigenvalue weighted by atomic mass is 10.1. The van der Waals surface area contributed by atoms with Gasteiger partial charge in [0.25, 0.3) is 0 Å². The van der Waals surface area contributed by atoms with Crippen molar-refractivity contribution in [1.82, 2.24) is 0 Å². The van der Waals surface area contributed by atoms with E-state index in [0.717, 1.165) is 12.9 Å². The van der Waals surface area contributed by atoms with E-state index in [1.165, 1.54) is 0 Å². The van der Waals surface area contributed by atoms with Crippen LogP contribution < -0.4 is 0 Å². The largest absolute Gasteiger partial charge is 0.378 e. The van der Waals surface area contributed by atoms with Crippen molar-refractivity contribution in [2.24, 2.45) is 11.8 Å². The average molecular weight is 158 g/mol. The summed E-state index contributed by atoms with van der Waals surface area (Å²) in [6.07, 6.45) is 0.986. The Hall–Kier alpha value is -0.370. The summed E-state index contributed by atoms with van der Waals surface area (Å²) < 4.78 is 5.42. The molecule has 0 radical (unpaired) electrons. The van der Waals surface area contributed by atoms with E-state index in [9.17, 15) is 4.79 Å². The Kier molecular flexibility index (Phi) is 5.12. The average Bonchev–Trinajstić information content (AvgIpc) is 1.98. The van der Waals surface area contributed by atoms with E-state index >= 15 is 0 Å². The lowest BCUT2D eigenvalue weighted by Crippen LogP contribution is -2.21. The maximum atomic E-state index is 10.3. The minimum absolute atomic E-state index is 0.00810. The quantitative estimate of drug-likeness (QED) is 0.571. The Balaban J connectivity index is 3.51. The van der Waals surface area contributed by atoms with Crippen LogP contribution in [0, 0.1) is 11.8 Å². The van der Waals surface area contributed by atoms with Crippen molar-refractivity contribution in [3.8, 4) is 0 Å². The van der Waals surface area contributed by atoms with Gasteiger partial charge in [-0.05, 0) is 12.8 Å². The summed E-state index contributed by atoms with van der Waals surface area (Å²) in [5, 5.41) is 0. The minimum atomic E-state index is 0.00810. The van der Waals surface area contributed by atoms with Crippen molar-refractivity contribution >= 4 is 6.29 Å². The minimum Gasteiger partial charge on any atom is -0.378 e. The molecule has 2 heteroatoms. The monoisotopic (exact) mass is 158 g/mol. The highest BCUT2D eigenvalue weighted by Gasteiger charge is 2.11. The van der Waals surface area contributed by atoms with E-state index < -0.39 is 0 Å². The zero-order valence-electron chi connectivity index (χ0n) is 7.83. The van der Waals surface area contributed by atoms with Gasteiger partial charge in [-0.25, -0.2) is 0 Å². The predicted octanol–water partition coefficient (Wildman–Crippen LogP) is 1.88. The molecule has 0 aliphatic carbocycles. The first-order valence-corrected chi connectivity index (χ1v) is 4.14. The standard InChI is InChI=1S/C9H18O2/c1-7(2)6-11-9(4)8(3)5-10/h5,7-9H,6H2,1-4H3. The third-order valence-corrected chi connectivity index (χ3v) is 1.65. The van der Waals surface area contributed by atoms with Crippen LogP contribution in [0.5, 0.6) is 0 Å². The topological polar surface area (TPSA) is 26.3 Å². The van der Waals surface area contributed by atoms with E-state index in [1.54, 1.807) is 0 Å². The number of aldehydes is 1. The fourth-order valence-electron chi connectivity index (χ4n) is 0.607. The fraction of sp³-hybridized carbons (Fsp3) is 0.889. The normalized spacial score (nSPS) is 16.5. The van der Waals surface area contributed by atoms with Crippen LogP contribution in [0.15, 0.2) is 0 Å². The van der Waals surface area contributed by atoms with Crippen molar-refractivity contribution in [2.45, 2.75) is 33.8 Å². The molecule has 0 aromatic carbocycles. The molecule has 0 aliphatic rings. The molecule has 0 aliphatic heterocycles. The van der Waals surface area contributed by atoms with E-state index in [0.29, 0.717) is 5.92 Å². The van der Waals surface area contributed by atoms with Gasteiger partial charge in [0.05, 0.1) is 6.10 Å². The first-order valence-electron chi connectivity index (χ1n) is 4.14. The zero-order chi connectivity index (χ0) is 8.85. The van der Waals surface area contributed by atoms with Crippen LogP contribution >= 0.6 is 0 Å². The Morgan fingerprint density at radius 3 is 2.18 bits per heavy atom. The molecular formula is C9H18O2. The molecular weight excluding hydrogens is 140 g/mol. The number of ether oxygens (including phenoxy) is 1. The van der Waals surface area contributed by atoms with Gasteiger partial charge in [0.2, 0.25) is 0 Å². The summed E-state index contributed by atoms with van der Waals surface area (Å²) in [5.41, 5.74) is 0. The lowest BCUT2D eigenvalue weighted by molar-refractivity contribution is -0.115. The van der Waals surface area contributed by atoms with E-state index in [4.69, 9.17) is 4.74 Å². The van der Waals surface area contributed by atoms with Crippen molar-refractivity contribution in [3.63, 3.8) is 0 Å². The molecule has 0 saturated heterocycles. The molecule has 0 aromatic heterocycles. The highest BCUT2D eigenvalue weighted by atomic mass is 16.5. The van der Waals surface area contributed by atoms with Gasteiger partial charge in [-0.2, -0.15) is 0 Å². The lowest BCUT2D eigenvalue weighted by Gasteiger charge is -2.16. The predicted molar refractivity (Wildman–Crippen MR) is 45.5 cm³/mol. The second kappa shape index (κ2) is 5.30. The molecule has 0 fully saturated rings. The Labute approximate surface area is 68.9 Å². The van der Waals surface area contributed by atoms with E-state index in [2.05, 4.69) is 13.8 Å². The molecule has 0 bridgehead atoms. The van der Waals surface area contributed by atoms with Gasteiger partial charge < -0.3 is 9.53 Å². The Morgan fingerprint density at radius 1 is 1.27 bits per heavy atom. The smallest absolute Gasteiger partial charge is 0.125 e. The molecule has 0 spiro atoms. The number of carbonyl (C=O) groups is 1. The third kappa shape index (κ3) is 4.96. The van der Waals surface area contributed by atoms with Crippen LogP contribution in [0.1, 0.15) is 27.7 Å². The molecule has 2 atom stereocenters. The molecule has 0 heterocycles. The molecule has 0 N–H and O–H groups in total. The van der Waals surface area contributed by atoms with Gasteiger partial charge in [-0.15, -0.1) is 0 Å². The molecule has 2 nitrogen and oxygen atoms in total. The third-order valence-electron chi connectivity index (χ3n) is 1.65. The van der Waals surface area contributed by atoms with Crippen LogP contribution in [0.4, 0.5) is 0 Å². The second-order valence-electron chi connectivity index (χ2n) is 3.43. The summed E-state index contributed by atoms with van der Waals surface area (Å²) in [7, 11) is 0. The van der Waals surface area contributed by atoms with Crippen molar-refractivity contribution in [2.75, 3.05) is 6.61 Å². The van der Waals surface area contributed by atoms with Crippen molar-refractivity contribution in [1.29, 1.82) is 0 Å². The van der Waals surface area contributed by atoms with Crippen molar-refractivity contribution < 1.29 is 9.53 Å². The fourth-order valence-corrected chi connectivity index (χ4v) is 0.607. The number of hydrogen-bond donors (Lipinski definition) is 0. The van der Waals surface area contributed by atoms with Crippen LogP contribution in [0.3, 0.4) is 0 Å². The Morgan fingerprint density at radius 2 is 1.82 bits per heavy atom. The summed E-state index contributed by atoms with van der Waals surface area (Å²) >= 11 is 0. The van der Waals surface area contributed by atoms with Gasteiger partial charge >= 0.3 is 0 Å². The first kappa shape index (κ1) is 10.6. The van der Waals surface area contributed by atoms with Gasteiger partial charge in [0, 0.05) is 12.5 Å². The van der Waals surface area contributed by atoms with Gasteiger partial charge in [-0.3, -0.25) is 0 Å². The molecule has 2 unspecified atom stereocenters. The SMILES string of the molecule is CC(C)COC(C)C(C)C=O. The second-order valence-corrected chi connectivity index (χ2v) is 3.43. The van der Waals surface area contributed by atoms with Crippen LogP contribution in [0.25, 0.3) is 0 Å². The van der Waals surface area contributed by atoms with Gasteiger partial charge in [0.1, 0.15) is 6.29 Å². The number of carbonyl (C=O) groups excluding carboxylic acids is 1. The maximum Gasteiger partial charge on any atom is 0.125 e. The van der Waals surface area contributed by atoms with E-state index in [-0.39, 0.29) is 12.0 Å². The van der Waals surface area contributed by atoms with E-state index in [1.807, 2.05) is 13.8 Å². The van der Waals surface area contributed by atoms with Crippen LogP contribution in [-0.2, 0) is 9.53 Å². The molecule has 0 amide bonds. The number of hydrogen-bond acceptors (Lipinski definition) is 2. The molecule has 66 valence electrons. The molecule has 0 saturated carbocycles. The molecule has 11 heavy (non-hydrogen) atoms. The van der Waals surface area contributed by atoms with Crippen molar-refractivity contribution in [3.05, 3.63) is 0 Å². The van der Waals surface area contributed by atoms with Gasteiger partial charge in [-0.1, -0.05) is 20.8 Å². The zero-order valence-corrected chi connectivity index (χ0v) is 7.83. The summed E-state index contributed by atoms with van der Waals surface area (Å²) in [6.45, 7) is 8.73. The van der Waals surface area contributed by atoms with Crippen LogP contribution in [0.2, 0.25) is 0 Å². The highest BCUT2D eigenvalue weighted by molar-refractivity contribution is 5.53. The summed E-state index contributed by atoms with van der Waals surface area (Å²) in [6, 6.07) is 0.